The third kappa shape index (κ3) is 7.50. The van der Waals surface area contributed by atoms with Crippen LogP contribution in [0.25, 0.3) is 11.0 Å². The van der Waals surface area contributed by atoms with Crippen molar-refractivity contribution in [3.63, 3.8) is 0 Å². The molecule has 3 aromatic rings. The fourth-order valence-electron chi connectivity index (χ4n) is 7.00. The summed E-state index contributed by atoms with van der Waals surface area (Å²) in [6, 6.07) is 1.87. The Morgan fingerprint density at radius 2 is 1.91 bits per heavy atom. The zero-order chi connectivity index (χ0) is 37.7. The Bertz CT molecular complexity index is 2120. The zero-order valence-electron chi connectivity index (χ0n) is 29.7. The van der Waals surface area contributed by atoms with Gasteiger partial charge in [-0.3, -0.25) is 23.9 Å². The monoisotopic (exact) mass is 767 g/mol. The number of aromatic nitrogens is 3. The SMILES string of the molecule is Cc1cnc(C(=O)N[C@H]2CCCCC/C=C\C3C[C@@]3(C(=O)NS(=O)(=O)C3(C)CC3)NC(=O)[C@@H]3C[C@@H](Oc4nc5cc(F)ccc5nc4C)CN3C2=O)s1. The molecule has 1 aromatic carbocycles. The fraction of sp³-hybridized carbons (Fsp3) is 0.528. The van der Waals surface area contributed by atoms with E-state index in [-0.39, 0.29) is 35.8 Å². The van der Waals surface area contributed by atoms with E-state index in [1.807, 2.05) is 19.1 Å². The minimum atomic E-state index is -4.00. The quantitative estimate of drug-likeness (QED) is 0.301. The molecule has 282 valence electrons. The maximum Gasteiger partial charge on any atom is 0.280 e. The molecule has 0 spiro atoms. The van der Waals surface area contributed by atoms with E-state index in [0.29, 0.717) is 43.3 Å². The topological polar surface area (TPSA) is 190 Å². The molecule has 17 heteroatoms. The normalized spacial score (nSPS) is 27.7. The molecule has 0 radical (unpaired) electrons. The first-order chi connectivity index (χ1) is 25.2. The molecular weight excluding hydrogens is 726 g/mol. The van der Waals surface area contributed by atoms with Crippen LogP contribution in [0, 0.1) is 25.6 Å². The molecule has 1 saturated heterocycles. The number of sulfonamides is 1. The standard InChI is InChI=1S/C36H42FN7O7S2/c1-20-18-38-32(52-20)30(46)40-26-10-8-6-4-5-7-9-22-17-36(22,34(48)43-53(49,50)35(3)13-14-35)42-29(45)28-16-24(19-44(28)33(26)47)51-31-21(2)39-25-12-11-23(37)15-27(25)41-31/h7,9,11-12,15,18,22,24,26,28H,4-6,8,10,13-14,16-17,19H2,1-3H3,(H,40,46)(H,42,45)(H,43,48)/b9-7-/t22?,24-,26+,28+,36-/m1/s1. The van der Waals surface area contributed by atoms with E-state index < -0.39 is 73.9 Å². The maximum atomic E-state index is 14.5. The number of hydrogen-bond acceptors (Lipinski definition) is 11. The van der Waals surface area contributed by atoms with Gasteiger partial charge in [0.15, 0.2) is 5.01 Å². The molecule has 3 N–H and O–H groups in total. The van der Waals surface area contributed by atoms with Gasteiger partial charge in [-0.15, -0.1) is 11.3 Å². The Balaban J connectivity index is 1.20. The molecule has 14 nitrogen and oxygen atoms in total. The van der Waals surface area contributed by atoms with Crippen molar-refractivity contribution in [2.45, 2.75) is 107 Å². The van der Waals surface area contributed by atoms with Crippen molar-refractivity contribution in [3.8, 4) is 5.88 Å². The van der Waals surface area contributed by atoms with Gasteiger partial charge in [-0.1, -0.05) is 25.0 Å². The second kappa shape index (κ2) is 14.0. The maximum absolute atomic E-state index is 14.5. The molecule has 4 heterocycles. The minimum absolute atomic E-state index is 0.0131. The van der Waals surface area contributed by atoms with Gasteiger partial charge in [0.2, 0.25) is 27.7 Å². The third-order valence-electron chi connectivity index (χ3n) is 10.6. The van der Waals surface area contributed by atoms with Crippen LogP contribution in [-0.4, -0.2) is 86.9 Å². The first-order valence-corrected chi connectivity index (χ1v) is 20.2. The number of carbonyl (C=O) groups is 4. The van der Waals surface area contributed by atoms with Crippen LogP contribution in [0.5, 0.6) is 5.88 Å². The minimum Gasteiger partial charge on any atom is -0.471 e. The lowest BCUT2D eigenvalue weighted by Gasteiger charge is -2.30. The van der Waals surface area contributed by atoms with Gasteiger partial charge in [0, 0.05) is 29.5 Å². The van der Waals surface area contributed by atoms with Crippen LogP contribution in [-0.2, 0) is 24.4 Å². The molecule has 2 aliphatic carbocycles. The molecule has 7 rings (SSSR count). The number of halogens is 1. The predicted octanol–water partition coefficient (Wildman–Crippen LogP) is 3.38. The van der Waals surface area contributed by atoms with E-state index in [1.165, 1.54) is 34.4 Å². The summed E-state index contributed by atoms with van der Waals surface area (Å²) in [6.45, 7) is 5.01. The van der Waals surface area contributed by atoms with Gasteiger partial charge in [-0.05, 0) is 71.4 Å². The van der Waals surface area contributed by atoms with Crippen molar-refractivity contribution in [3.05, 3.63) is 57.9 Å². The fourth-order valence-corrected chi connectivity index (χ4v) is 8.97. The number of carbonyl (C=O) groups excluding carboxylic acids is 4. The van der Waals surface area contributed by atoms with Crippen LogP contribution in [0.4, 0.5) is 4.39 Å². The summed E-state index contributed by atoms with van der Waals surface area (Å²) in [4.78, 5) is 71.2. The van der Waals surface area contributed by atoms with Crippen molar-refractivity contribution in [2.24, 2.45) is 5.92 Å². The highest BCUT2D eigenvalue weighted by atomic mass is 32.2. The molecule has 53 heavy (non-hydrogen) atoms. The van der Waals surface area contributed by atoms with Gasteiger partial charge in [0.1, 0.15) is 35.2 Å². The van der Waals surface area contributed by atoms with Gasteiger partial charge in [0.25, 0.3) is 11.8 Å². The van der Waals surface area contributed by atoms with E-state index in [2.05, 4.69) is 30.3 Å². The molecule has 5 atom stereocenters. The molecule has 0 bridgehead atoms. The largest absolute Gasteiger partial charge is 0.471 e. The summed E-state index contributed by atoms with van der Waals surface area (Å²) in [5, 5.41) is 5.91. The predicted molar refractivity (Wildman–Crippen MR) is 193 cm³/mol. The summed E-state index contributed by atoms with van der Waals surface area (Å²) < 4.78 is 47.7. The lowest BCUT2D eigenvalue weighted by atomic mass is 10.0. The van der Waals surface area contributed by atoms with E-state index in [0.717, 1.165) is 17.7 Å². The molecule has 2 saturated carbocycles. The number of fused-ring (bicyclic) bond motifs is 3. The number of amides is 4. The lowest BCUT2D eigenvalue weighted by molar-refractivity contribution is -0.141. The van der Waals surface area contributed by atoms with Crippen molar-refractivity contribution in [1.29, 1.82) is 0 Å². The highest BCUT2D eigenvalue weighted by Crippen LogP contribution is 2.47. The van der Waals surface area contributed by atoms with Gasteiger partial charge in [-0.25, -0.2) is 27.8 Å². The van der Waals surface area contributed by atoms with E-state index in [4.69, 9.17) is 4.74 Å². The summed E-state index contributed by atoms with van der Waals surface area (Å²) in [5.41, 5.74) is -0.390. The number of nitrogens with zero attached hydrogens (tertiary/aromatic N) is 4. The second-order valence-corrected chi connectivity index (χ2v) is 18.2. The van der Waals surface area contributed by atoms with Gasteiger partial charge < -0.3 is 20.3 Å². The first kappa shape index (κ1) is 36.8. The van der Waals surface area contributed by atoms with Crippen LogP contribution >= 0.6 is 11.3 Å². The Kier molecular flexibility index (Phi) is 9.76. The van der Waals surface area contributed by atoms with Crippen molar-refractivity contribution in [2.75, 3.05) is 6.54 Å². The number of aryl methyl sites for hydroxylation is 2. The third-order valence-corrected chi connectivity index (χ3v) is 13.7. The molecule has 2 aromatic heterocycles. The molecule has 2 aliphatic heterocycles. The van der Waals surface area contributed by atoms with E-state index in [9.17, 15) is 32.0 Å². The van der Waals surface area contributed by atoms with Crippen LogP contribution in [0.1, 0.15) is 85.1 Å². The van der Waals surface area contributed by atoms with E-state index >= 15 is 0 Å². The molecule has 4 amide bonds. The number of rotatable bonds is 7. The Hall–Kier alpha value is -4.51. The summed E-state index contributed by atoms with van der Waals surface area (Å²) in [5.74, 6) is -3.35. The smallest absolute Gasteiger partial charge is 0.280 e. The number of thiazole rings is 1. The Morgan fingerprint density at radius 3 is 2.64 bits per heavy atom. The van der Waals surface area contributed by atoms with Gasteiger partial charge in [0.05, 0.1) is 22.3 Å². The highest BCUT2D eigenvalue weighted by molar-refractivity contribution is 7.91. The Morgan fingerprint density at radius 1 is 1.11 bits per heavy atom. The van der Waals surface area contributed by atoms with Crippen LogP contribution in [0.2, 0.25) is 0 Å². The summed E-state index contributed by atoms with van der Waals surface area (Å²) in [6.07, 6.45) is 8.72. The molecule has 4 aliphatic rings. The van der Waals surface area contributed by atoms with Gasteiger partial charge >= 0.3 is 0 Å². The van der Waals surface area contributed by atoms with Crippen molar-refractivity contribution >= 4 is 56.0 Å². The van der Waals surface area contributed by atoms with Crippen LogP contribution in [0.15, 0.2) is 36.5 Å². The number of benzene rings is 1. The van der Waals surface area contributed by atoms with Crippen LogP contribution in [0.3, 0.4) is 0 Å². The molecular formula is C36H42FN7O7S2. The summed E-state index contributed by atoms with van der Waals surface area (Å²) >= 11 is 1.20. The second-order valence-electron chi connectivity index (χ2n) is 14.8. The average Bonchev–Trinajstić information content (AvgIpc) is 3.91. The summed E-state index contributed by atoms with van der Waals surface area (Å²) in [7, 11) is -4.00. The van der Waals surface area contributed by atoms with Crippen LogP contribution < -0.4 is 20.1 Å². The van der Waals surface area contributed by atoms with Gasteiger partial charge in [-0.2, -0.15) is 0 Å². The Labute approximate surface area is 310 Å². The number of nitrogens with one attached hydrogen (secondary N) is 3. The van der Waals surface area contributed by atoms with E-state index in [1.54, 1.807) is 20.0 Å². The van der Waals surface area contributed by atoms with Crippen molar-refractivity contribution in [1.82, 2.24) is 35.2 Å². The molecule has 3 fully saturated rings. The van der Waals surface area contributed by atoms with Crippen molar-refractivity contribution < 1.29 is 36.7 Å². The number of ether oxygens (including phenoxy) is 1. The number of allylic oxidation sites excluding steroid dienone is 1. The first-order valence-electron chi connectivity index (χ1n) is 17.9. The average molecular weight is 768 g/mol. The molecule has 1 unspecified atom stereocenters. The zero-order valence-corrected chi connectivity index (χ0v) is 31.3. The highest BCUT2D eigenvalue weighted by Gasteiger charge is 2.63. The lowest BCUT2D eigenvalue weighted by Crippen LogP contribution is -2.58. The number of hydrogen-bond donors (Lipinski definition) is 3.